The fourth-order valence-electron chi connectivity index (χ4n) is 1.94. The number of fused-ring (bicyclic) bond motifs is 1. The summed E-state index contributed by atoms with van der Waals surface area (Å²) < 4.78 is 0. The van der Waals surface area contributed by atoms with E-state index in [-0.39, 0.29) is 6.04 Å². The standard InChI is InChI=1S/C12H15N/c1-2-12(13)11-7-6-9-4-3-5-10(9)8-11/h2,6-8,12H,1,3-5,13H2. The molecule has 1 heteroatoms. The molecule has 1 atom stereocenters. The van der Waals surface area contributed by atoms with Crippen LogP contribution in [0.1, 0.15) is 29.2 Å². The zero-order valence-corrected chi connectivity index (χ0v) is 7.79. The lowest BCUT2D eigenvalue weighted by atomic mass is 10.0. The van der Waals surface area contributed by atoms with E-state index in [1.54, 1.807) is 6.08 Å². The van der Waals surface area contributed by atoms with Gasteiger partial charge in [0.05, 0.1) is 0 Å². The highest BCUT2D eigenvalue weighted by atomic mass is 14.6. The molecule has 0 radical (unpaired) electrons. The zero-order valence-electron chi connectivity index (χ0n) is 7.79. The van der Waals surface area contributed by atoms with Crippen LogP contribution in [0, 0.1) is 0 Å². The number of rotatable bonds is 2. The number of hydrogen-bond donors (Lipinski definition) is 1. The van der Waals surface area contributed by atoms with E-state index < -0.39 is 0 Å². The minimum atomic E-state index is -0.00843. The summed E-state index contributed by atoms with van der Waals surface area (Å²) in [4.78, 5) is 0. The molecule has 0 bridgehead atoms. The molecule has 0 saturated carbocycles. The number of hydrogen-bond acceptors (Lipinski definition) is 1. The third-order valence-electron chi connectivity index (χ3n) is 2.76. The SMILES string of the molecule is C=CC(N)c1ccc2c(c1)CCC2. The molecular weight excluding hydrogens is 158 g/mol. The maximum Gasteiger partial charge on any atom is 0.0478 e. The minimum Gasteiger partial charge on any atom is -0.321 e. The molecule has 1 nitrogen and oxygen atoms in total. The van der Waals surface area contributed by atoms with E-state index >= 15 is 0 Å². The molecule has 0 aromatic heterocycles. The average molecular weight is 173 g/mol. The quantitative estimate of drug-likeness (QED) is 0.683. The first kappa shape index (κ1) is 8.52. The summed E-state index contributed by atoms with van der Waals surface area (Å²) >= 11 is 0. The predicted molar refractivity (Wildman–Crippen MR) is 55.6 cm³/mol. The van der Waals surface area contributed by atoms with Gasteiger partial charge in [-0.3, -0.25) is 0 Å². The fourth-order valence-corrected chi connectivity index (χ4v) is 1.94. The van der Waals surface area contributed by atoms with Gasteiger partial charge in [-0.1, -0.05) is 24.3 Å². The summed E-state index contributed by atoms with van der Waals surface area (Å²) in [5.41, 5.74) is 10.0. The second-order valence-corrected chi connectivity index (χ2v) is 3.64. The Labute approximate surface area is 79.3 Å². The van der Waals surface area contributed by atoms with Crippen molar-refractivity contribution in [2.45, 2.75) is 25.3 Å². The normalized spacial score (nSPS) is 16.7. The van der Waals surface area contributed by atoms with Crippen LogP contribution in [0.3, 0.4) is 0 Å². The van der Waals surface area contributed by atoms with Crippen LogP contribution in [0.4, 0.5) is 0 Å². The molecular formula is C12H15N. The van der Waals surface area contributed by atoms with Crippen molar-refractivity contribution < 1.29 is 0 Å². The molecule has 13 heavy (non-hydrogen) atoms. The Kier molecular flexibility index (Phi) is 2.19. The van der Waals surface area contributed by atoms with Gasteiger partial charge in [-0.25, -0.2) is 0 Å². The van der Waals surface area contributed by atoms with Gasteiger partial charge < -0.3 is 5.73 Å². The van der Waals surface area contributed by atoms with E-state index in [0.717, 1.165) is 0 Å². The van der Waals surface area contributed by atoms with E-state index in [2.05, 4.69) is 24.8 Å². The van der Waals surface area contributed by atoms with Gasteiger partial charge in [-0.2, -0.15) is 0 Å². The minimum absolute atomic E-state index is 0.00843. The molecule has 68 valence electrons. The van der Waals surface area contributed by atoms with E-state index in [1.165, 1.54) is 36.0 Å². The third kappa shape index (κ3) is 1.52. The fraction of sp³-hybridized carbons (Fsp3) is 0.333. The van der Waals surface area contributed by atoms with Crippen LogP contribution in [-0.2, 0) is 12.8 Å². The molecule has 0 fully saturated rings. The lowest BCUT2D eigenvalue weighted by Gasteiger charge is -2.08. The Morgan fingerprint density at radius 2 is 2.08 bits per heavy atom. The van der Waals surface area contributed by atoms with Gasteiger partial charge >= 0.3 is 0 Å². The van der Waals surface area contributed by atoms with Gasteiger partial charge in [0, 0.05) is 6.04 Å². The van der Waals surface area contributed by atoms with E-state index in [1.807, 2.05) is 0 Å². The molecule has 1 aromatic rings. The first-order valence-corrected chi connectivity index (χ1v) is 4.81. The highest BCUT2D eigenvalue weighted by Gasteiger charge is 2.11. The Hall–Kier alpha value is -1.08. The molecule has 0 heterocycles. The highest BCUT2D eigenvalue weighted by Crippen LogP contribution is 2.24. The predicted octanol–water partition coefficient (Wildman–Crippen LogP) is 2.36. The smallest absolute Gasteiger partial charge is 0.0478 e. The van der Waals surface area contributed by atoms with Crippen molar-refractivity contribution in [1.82, 2.24) is 0 Å². The number of nitrogens with two attached hydrogens (primary N) is 1. The maximum atomic E-state index is 5.87. The van der Waals surface area contributed by atoms with E-state index in [4.69, 9.17) is 5.73 Å². The molecule has 0 saturated heterocycles. The number of benzene rings is 1. The first-order chi connectivity index (χ1) is 6.31. The molecule has 0 amide bonds. The molecule has 1 aliphatic carbocycles. The molecule has 0 aliphatic heterocycles. The third-order valence-corrected chi connectivity index (χ3v) is 2.76. The Bertz CT molecular complexity index is 328. The largest absolute Gasteiger partial charge is 0.321 e. The lowest BCUT2D eigenvalue weighted by molar-refractivity contribution is 0.902. The van der Waals surface area contributed by atoms with Crippen molar-refractivity contribution in [3.8, 4) is 0 Å². The average Bonchev–Trinajstić information content (AvgIpc) is 2.63. The van der Waals surface area contributed by atoms with Gasteiger partial charge in [-0.05, 0) is 36.0 Å². The Balaban J connectivity index is 2.35. The monoisotopic (exact) mass is 173 g/mol. The second-order valence-electron chi connectivity index (χ2n) is 3.64. The molecule has 2 rings (SSSR count). The number of aryl methyl sites for hydroxylation is 2. The molecule has 1 unspecified atom stereocenters. The van der Waals surface area contributed by atoms with Crippen LogP contribution in [-0.4, -0.2) is 0 Å². The summed E-state index contributed by atoms with van der Waals surface area (Å²) in [6.07, 6.45) is 5.53. The summed E-state index contributed by atoms with van der Waals surface area (Å²) in [7, 11) is 0. The summed E-state index contributed by atoms with van der Waals surface area (Å²) in [5.74, 6) is 0. The van der Waals surface area contributed by atoms with Crippen molar-refractivity contribution in [3.05, 3.63) is 47.5 Å². The maximum absolute atomic E-state index is 5.87. The highest BCUT2D eigenvalue weighted by molar-refractivity contribution is 5.37. The van der Waals surface area contributed by atoms with Crippen LogP contribution in [0.5, 0.6) is 0 Å². The van der Waals surface area contributed by atoms with Gasteiger partial charge in [0.2, 0.25) is 0 Å². The topological polar surface area (TPSA) is 26.0 Å². The molecule has 1 aromatic carbocycles. The van der Waals surface area contributed by atoms with Crippen LogP contribution < -0.4 is 5.73 Å². The van der Waals surface area contributed by atoms with Gasteiger partial charge in [0.1, 0.15) is 0 Å². The first-order valence-electron chi connectivity index (χ1n) is 4.81. The van der Waals surface area contributed by atoms with Crippen LogP contribution in [0.25, 0.3) is 0 Å². The van der Waals surface area contributed by atoms with E-state index in [9.17, 15) is 0 Å². The van der Waals surface area contributed by atoms with Crippen molar-refractivity contribution in [2.75, 3.05) is 0 Å². The second kappa shape index (κ2) is 3.35. The van der Waals surface area contributed by atoms with Crippen molar-refractivity contribution in [3.63, 3.8) is 0 Å². The zero-order chi connectivity index (χ0) is 9.26. The molecule has 0 spiro atoms. The van der Waals surface area contributed by atoms with Crippen LogP contribution >= 0.6 is 0 Å². The molecule has 1 aliphatic rings. The van der Waals surface area contributed by atoms with Crippen LogP contribution in [0.2, 0.25) is 0 Å². The Morgan fingerprint density at radius 1 is 1.31 bits per heavy atom. The van der Waals surface area contributed by atoms with E-state index in [0.29, 0.717) is 0 Å². The summed E-state index contributed by atoms with van der Waals surface area (Å²) in [6.45, 7) is 3.71. The summed E-state index contributed by atoms with van der Waals surface area (Å²) in [5, 5.41) is 0. The van der Waals surface area contributed by atoms with Crippen molar-refractivity contribution >= 4 is 0 Å². The van der Waals surface area contributed by atoms with Gasteiger partial charge in [-0.15, -0.1) is 6.58 Å². The van der Waals surface area contributed by atoms with Crippen LogP contribution in [0.15, 0.2) is 30.9 Å². The van der Waals surface area contributed by atoms with Crippen molar-refractivity contribution in [1.29, 1.82) is 0 Å². The molecule has 2 N–H and O–H groups in total. The van der Waals surface area contributed by atoms with Gasteiger partial charge in [0.15, 0.2) is 0 Å². The Morgan fingerprint density at radius 3 is 2.85 bits per heavy atom. The van der Waals surface area contributed by atoms with Crippen molar-refractivity contribution in [2.24, 2.45) is 5.73 Å². The van der Waals surface area contributed by atoms with Gasteiger partial charge in [0.25, 0.3) is 0 Å². The lowest BCUT2D eigenvalue weighted by Crippen LogP contribution is -2.06. The summed E-state index contributed by atoms with van der Waals surface area (Å²) in [6, 6.07) is 6.55.